The summed E-state index contributed by atoms with van der Waals surface area (Å²) in [6.45, 7) is 6.56. The van der Waals surface area contributed by atoms with Gasteiger partial charge in [0.15, 0.2) is 0 Å². The molecule has 0 aromatic rings. The predicted molar refractivity (Wildman–Crippen MR) is 46.6 cm³/mol. The van der Waals surface area contributed by atoms with Crippen molar-refractivity contribution in [1.29, 1.82) is 0 Å². The standard InChI is InChI=1S/C9H15NO2/c1-3-10(4-2)7-8-5-6-12-9(8)11/h7H,3-6H2,1-2H3/b8-7-. The van der Waals surface area contributed by atoms with Crippen LogP contribution in [0.4, 0.5) is 0 Å². The maximum Gasteiger partial charge on any atom is 0.335 e. The summed E-state index contributed by atoms with van der Waals surface area (Å²) in [5.74, 6) is -0.151. The molecule has 0 bridgehead atoms. The summed E-state index contributed by atoms with van der Waals surface area (Å²) < 4.78 is 4.82. The average molecular weight is 169 g/mol. The van der Waals surface area contributed by atoms with Crippen LogP contribution in [0.15, 0.2) is 11.8 Å². The summed E-state index contributed by atoms with van der Waals surface area (Å²) in [6, 6.07) is 0. The van der Waals surface area contributed by atoms with Gasteiger partial charge >= 0.3 is 5.97 Å². The molecular weight excluding hydrogens is 154 g/mol. The fourth-order valence-electron chi connectivity index (χ4n) is 1.19. The van der Waals surface area contributed by atoms with Crippen LogP contribution in [-0.2, 0) is 9.53 Å². The number of rotatable bonds is 3. The van der Waals surface area contributed by atoms with Crippen LogP contribution in [0.5, 0.6) is 0 Å². The largest absolute Gasteiger partial charge is 0.462 e. The second-order valence-electron chi connectivity index (χ2n) is 2.76. The topological polar surface area (TPSA) is 29.5 Å². The Morgan fingerprint density at radius 2 is 2.17 bits per heavy atom. The maximum absolute atomic E-state index is 11.0. The molecule has 0 aliphatic carbocycles. The zero-order chi connectivity index (χ0) is 8.97. The van der Waals surface area contributed by atoms with Crippen molar-refractivity contribution < 1.29 is 9.53 Å². The first-order valence-electron chi connectivity index (χ1n) is 4.39. The first kappa shape index (κ1) is 9.10. The maximum atomic E-state index is 11.0. The Bertz CT molecular complexity index is 195. The van der Waals surface area contributed by atoms with Gasteiger partial charge in [0.05, 0.1) is 12.2 Å². The lowest BCUT2D eigenvalue weighted by atomic mass is 10.2. The van der Waals surface area contributed by atoms with E-state index in [1.54, 1.807) is 0 Å². The highest BCUT2D eigenvalue weighted by Crippen LogP contribution is 2.13. The molecule has 1 heterocycles. The van der Waals surface area contributed by atoms with E-state index in [0.717, 1.165) is 25.1 Å². The molecule has 0 atom stereocenters. The molecule has 0 saturated carbocycles. The minimum Gasteiger partial charge on any atom is -0.462 e. The second-order valence-corrected chi connectivity index (χ2v) is 2.76. The van der Waals surface area contributed by atoms with Gasteiger partial charge in [-0.1, -0.05) is 0 Å². The normalized spacial score (nSPS) is 19.8. The van der Waals surface area contributed by atoms with Gasteiger partial charge in [-0.15, -0.1) is 0 Å². The molecule has 0 N–H and O–H groups in total. The lowest BCUT2D eigenvalue weighted by Crippen LogP contribution is -2.17. The summed E-state index contributed by atoms with van der Waals surface area (Å²) in [5.41, 5.74) is 0.804. The SMILES string of the molecule is CCN(/C=C1/CCOC1=O)CC. The molecule has 3 heteroatoms. The fraction of sp³-hybridized carbons (Fsp3) is 0.667. The van der Waals surface area contributed by atoms with E-state index in [1.807, 2.05) is 6.20 Å². The molecule has 0 aromatic carbocycles. The number of esters is 1. The Morgan fingerprint density at radius 3 is 2.58 bits per heavy atom. The van der Waals surface area contributed by atoms with E-state index in [9.17, 15) is 4.79 Å². The van der Waals surface area contributed by atoms with Crippen molar-refractivity contribution >= 4 is 5.97 Å². The first-order valence-corrected chi connectivity index (χ1v) is 4.39. The van der Waals surface area contributed by atoms with Crippen molar-refractivity contribution in [2.24, 2.45) is 0 Å². The smallest absolute Gasteiger partial charge is 0.335 e. The Balaban J connectivity index is 2.59. The average Bonchev–Trinajstić information content (AvgIpc) is 2.47. The van der Waals surface area contributed by atoms with Gasteiger partial charge in [0.1, 0.15) is 0 Å². The molecule has 1 saturated heterocycles. The third-order valence-electron chi connectivity index (χ3n) is 2.02. The molecular formula is C9H15NO2. The Hall–Kier alpha value is -0.990. The number of ether oxygens (including phenoxy) is 1. The highest BCUT2D eigenvalue weighted by molar-refractivity contribution is 5.90. The highest BCUT2D eigenvalue weighted by Gasteiger charge is 2.18. The number of hydrogen-bond donors (Lipinski definition) is 0. The van der Waals surface area contributed by atoms with E-state index < -0.39 is 0 Å². The van der Waals surface area contributed by atoms with Gasteiger partial charge in [0.2, 0.25) is 0 Å². The first-order chi connectivity index (χ1) is 5.77. The zero-order valence-corrected chi connectivity index (χ0v) is 7.67. The van der Waals surface area contributed by atoms with E-state index in [4.69, 9.17) is 4.74 Å². The van der Waals surface area contributed by atoms with Crippen LogP contribution < -0.4 is 0 Å². The molecule has 12 heavy (non-hydrogen) atoms. The molecule has 1 fully saturated rings. The van der Waals surface area contributed by atoms with Crippen LogP contribution in [0.1, 0.15) is 20.3 Å². The van der Waals surface area contributed by atoms with Gasteiger partial charge in [0.25, 0.3) is 0 Å². The molecule has 1 aliphatic rings. The van der Waals surface area contributed by atoms with Crippen LogP contribution in [0, 0.1) is 0 Å². The Kier molecular flexibility index (Phi) is 3.14. The minimum atomic E-state index is -0.151. The lowest BCUT2D eigenvalue weighted by Gasteiger charge is -2.15. The molecule has 0 unspecified atom stereocenters. The van der Waals surface area contributed by atoms with E-state index in [-0.39, 0.29) is 5.97 Å². The van der Waals surface area contributed by atoms with Crippen LogP contribution in [0.2, 0.25) is 0 Å². The van der Waals surface area contributed by atoms with Crippen molar-refractivity contribution in [1.82, 2.24) is 4.90 Å². The Morgan fingerprint density at radius 1 is 1.50 bits per heavy atom. The van der Waals surface area contributed by atoms with Crippen molar-refractivity contribution in [3.63, 3.8) is 0 Å². The third-order valence-corrected chi connectivity index (χ3v) is 2.02. The summed E-state index contributed by atoms with van der Waals surface area (Å²) in [7, 11) is 0. The lowest BCUT2D eigenvalue weighted by molar-refractivity contribution is -0.135. The van der Waals surface area contributed by atoms with E-state index in [0.29, 0.717) is 6.61 Å². The molecule has 68 valence electrons. The van der Waals surface area contributed by atoms with Crippen molar-refractivity contribution in [3.05, 3.63) is 11.8 Å². The Labute approximate surface area is 73.0 Å². The molecule has 0 amide bonds. The fourth-order valence-corrected chi connectivity index (χ4v) is 1.19. The van der Waals surface area contributed by atoms with Crippen LogP contribution in [0.3, 0.4) is 0 Å². The summed E-state index contributed by atoms with van der Waals surface area (Å²) >= 11 is 0. The molecule has 0 radical (unpaired) electrons. The summed E-state index contributed by atoms with van der Waals surface area (Å²) in [4.78, 5) is 13.1. The predicted octanol–water partition coefficient (Wildman–Crippen LogP) is 1.16. The highest BCUT2D eigenvalue weighted by atomic mass is 16.5. The molecule has 0 aromatic heterocycles. The van der Waals surface area contributed by atoms with Crippen molar-refractivity contribution in [2.45, 2.75) is 20.3 Å². The van der Waals surface area contributed by atoms with Crippen LogP contribution in [-0.4, -0.2) is 30.6 Å². The third kappa shape index (κ3) is 2.00. The minimum absolute atomic E-state index is 0.151. The van der Waals surface area contributed by atoms with Crippen molar-refractivity contribution in [3.8, 4) is 0 Å². The van der Waals surface area contributed by atoms with Gasteiger partial charge in [-0.25, -0.2) is 4.79 Å². The van der Waals surface area contributed by atoms with Gasteiger partial charge in [0, 0.05) is 25.7 Å². The molecule has 1 aliphatic heterocycles. The van der Waals surface area contributed by atoms with Crippen LogP contribution >= 0.6 is 0 Å². The van der Waals surface area contributed by atoms with Crippen molar-refractivity contribution in [2.75, 3.05) is 19.7 Å². The number of cyclic esters (lactones) is 1. The van der Waals surface area contributed by atoms with Gasteiger partial charge in [-0.05, 0) is 13.8 Å². The molecule has 3 nitrogen and oxygen atoms in total. The molecule has 0 spiro atoms. The number of carbonyl (C=O) groups is 1. The number of carbonyl (C=O) groups excluding carboxylic acids is 1. The number of hydrogen-bond acceptors (Lipinski definition) is 3. The van der Waals surface area contributed by atoms with E-state index in [2.05, 4.69) is 18.7 Å². The monoisotopic (exact) mass is 169 g/mol. The van der Waals surface area contributed by atoms with Gasteiger partial charge in [-0.2, -0.15) is 0 Å². The summed E-state index contributed by atoms with van der Waals surface area (Å²) in [5, 5.41) is 0. The quantitative estimate of drug-likeness (QED) is 0.469. The van der Waals surface area contributed by atoms with Crippen LogP contribution in [0.25, 0.3) is 0 Å². The number of nitrogens with zero attached hydrogens (tertiary/aromatic N) is 1. The van der Waals surface area contributed by atoms with E-state index >= 15 is 0 Å². The van der Waals surface area contributed by atoms with Gasteiger partial charge < -0.3 is 9.64 Å². The second kappa shape index (κ2) is 4.14. The zero-order valence-electron chi connectivity index (χ0n) is 7.67. The van der Waals surface area contributed by atoms with Gasteiger partial charge in [-0.3, -0.25) is 0 Å². The summed E-state index contributed by atoms with van der Waals surface area (Å²) in [6.07, 6.45) is 2.67. The van der Waals surface area contributed by atoms with E-state index in [1.165, 1.54) is 0 Å². The molecule has 1 rings (SSSR count).